The fourth-order valence-electron chi connectivity index (χ4n) is 2.43. The quantitative estimate of drug-likeness (QED) is 0.586. The first kappa shape index (κ1) is 22.9. The molecule has 7 nitrogen and oxygen atoms in total. The van der Waals surface area contributed by atoms with Gasteiger partial charge >= 0.3 is 0 Å². The number of amides is 2. The van der Waals surface area contributed by atoms with Crippen LogP contribution in [0.3, 0.4) is 0 Å². The van der Waals surface area contributed by atoms with Crippen LogP contribution in [0.15, 0.2) is 0 Å². The Kier molecular flexibility index (Phi) is 9.06. The van der Waals surface area contributed by atoms with Gasteiger partial charge in [-0.1, -0.05) is 32.5 Å². The predicted molar refractivity (Wildman–Crippen MR) is 102 cm³/mol. The van der Waals surface area contributed by atoms with E-state index in [1.54, 1.807) is 13.8 Å². The van der Waals surface area contributed by atoms with Crippen LogP contribution >= 0.6 is 11.8 Å². The third-order valence-electron chi connectivity index (χ3n) is 3.93. The summed E-state index contributed by atoms with van der Waals surface area (Å²) in [4.78, 5) is 35.6. The van der Waals surface area contributed by atoms with E-state index < -0.39 is 17.3 Å². The van der Waals surface area contributed by atoms with Crippen molar-refractivity contribution in [1.29, 1.82) is 0 Å². The van der Waals surface area contributed by atoms with E-state index in [2.05, 4.69) is 10.6 Å². The highest BCUT2D eigenvalue weighted by Gasteiger charge is 2.45. The maximum absolute atomic E-state index is 12.4. The van der Waals surface area contributed by atoms with Crippen molar-refractivity contribution in [2.75, 3.05) is 25.4 Å². The van der Waals surface area contributed by atoms with Crippen LogP contribution in [0.4, 0.5) is 0 Å². The van der Waals surface area contributed by atoms with E-state index in [1.165, 1.54) is 11.8 Å². The summed E-state index contributed by atoms with van der Waals surface area (Å²) in [6.45, 7) is 10.4. The predicted octanol–water partition coefficient (Wildman–Crippen LogP) is 1.85. The Morgan fingerprint density at radius 2 is 1.77 bits per heavy atom. The second-order valence-electron chi connectivity index (χ2n) is 7.54. The highest BCUT2D eigenvalue weighted by Crippen LogP contribution is 2.34. The summed E-state index contributed by atoms with van der Waals surface area (Å²) in [5.41, 5.74) is -0.440. The smallest absolute Gasteiger partial charge is 0.249 e. The molecule has 1 aliphatic heterocycles. The molecule has 150 valence electrons. The van der Waals surface area contributed by atoms with E-state index in [0.717, 1.165) is 6.42 Å². The SMILES string of the molecule is CCCC(=O)SCCNC(=O)CCNC(=O)[C@@H]1OC(C)(C)OCC1(C)C. The van der Waals surface area contributed by atoms with Gasteiger partial charge in [0.05, 0.1) is 6.61 Å². The molecule has 0 bridgehead atoms. The molecule has 1 atom stereocenters. The number of hydrogen-bond acceptors (Lipinski definition) is 6. The molecule has 2 N–H and O–H groups in total. The summed E-state index contributed by atoms with van der Waals surface area (Å²) in [6, 6.07) is 0. The van der Waals surface area contributed by atoms with Gasteiger partial charge in [0.25, 0.3) is 0 Å². The molecule has 0 saturated carbocycles. The number of carbonyl (C=O) groups is 3. The molecule has 0 spiro atoms. The lowest BCUT2D eigenvalue weighted by Crippen LogP contribution is -2.56. The van der Waals surface area contributed by atoms with Crippen molar-refractivity contribution in [2.24, 2.45) is 5.41 Å². The maximum atomic E-state index is 12.4. The zero-order valence-corrected chi connectivity index (χ0v) is 17.3. The Balaban J connectivity index is 2.26. The van der Waals surface area contributed by atoms with Crippen molar-refractivity contribution >= 4 is 28.7 Å². The second kappa shape index (κ2) is 10.3. The molecular formula is C18H32N2O5S. The summed E-state index contributed by atoms with van der Waals surface area (Å²) in [5, 5.41) is 5.66. The van der Waals surface area contributed by atoms with Crippen LogP contribution < -0.4 is 10.6 Å². The number of nitrogens with one attached hydrogen (secondary N) is 2. The zero-order valence-electron chi connectivity index (χ0n) is 16.5. The van der Waals surface area contributed by atoms with Crippen LogP contribution in [-0.2, 0) is 23.9 Å². The second-order valence-corrected chi connectivity index (χ2v) is 8.69. The van der Waals surface area contributed by atoms with Crippen LogP contribution in [-0.4, -0.2) is 54.3 Å². The minimum atomic E-state index is -0.804. The van der Waals surface area contributed by atoms with E-state index in [-0.39, 0.29) is 29.9 Å². The van der Waals surface area contributed by atoms with Gasteiger partial charge in [-0.2, -0.15) is 0 Å². The first-order valence-electron chi connectivity index (χ1n) is 9.09. The topological polar surface area (TPSA) is 93.7 Å². The van der Waals surface area contributed by atoms with Crippen molar-refractivity contribution in [3.05, 3.63) is 0 Å². The zero-order chi connectivity index (χ0) is 19.8. The van der Waals surface area contributed by atoms with Gasteiger partial charge in [-0.3, -0.25) is 14.4 Å². The molecule has 0 aromatic rings. The molecule has 26 heavy (non-hydrogen) atoms. The van der Waals surface area contributed by atoms with Crippen LogP contribution in [0.2, 0.25) is 0 Å². The van der Waals surface area contributed by atoms with E-state index in [1.807, 2.05) is 20.8 Å². The monoisotopic (exact) mass is 388 g/mol. The molecular weight excluding hydrogens is 356 g/mol. The van der Waals surface area contributed by atoms with Gasteiger partial charge in [-0.25, -0.2) is 0 Å². The molecule has 1 saturated heterocycles. The number of carbonyl (C=O) groups excluding carboxylic acids is 3. The lowest BCUT2D eigenvalue weighted by atomic mass is 9.85. The molecule has 1 rings (SSSR count). The molecule has 0 radical (unpaired) electrons. The van der Waals surface area contributed by atoms with Gasteiger partial charge in [0.15, 0.2) is 10.9 Å². The molecule has 8 heteroatoms. The average Bonchev–Trinajstić information content (AvgIpc) is 2.54. The molecule has 0 aliphatic carbocycles. The van der Waals surface area contributed by atoms with Gasteiger partial charge in [0.2, 0.25) is 11.8 Å². The van der Waals surface area contributed by atoms with Gasteiger partial charge in [0, 0.05) is 37.1 Å². The van der Waals surface area contributed by atoms with Crippen molar-refractivity contribution in [2.45, 2.75) is 65.8 Å². The molecule has 0 aromatic carbocycles. The van der Waals surface area contributed by atoms with Crippen LogP contribution in [0.1, 0.15) is 53.9 Å². The Morgan fingerprint density at radius 1 is 1.08 bits per heavy atom. The summed E-state index contributed by atoms with van der Waals surface area (Å²) >= 11 is 1.24. The summed E-state index contributed by atoms with van der Waals surface area (Å²) < 4.78 is 11.4. The Hall–Kier alpha value is -1.12. The lowest BCUT2D eigenvalue weighted by Gasteiger charge is -2.44. The number of rotatable bonds is 9. The Morgan fingerprint density at radius 3 is 2.42 bits per heavy atom. The summed E-state index contributed by atoms with van der Waals surface area (Å²) in [7, 11) is 0. The molecule has 0 unspecified atom stereocenters. The number of hydrogen-bond donors (Lipinski definition) is 2. The van der Waals surface area contributed by atoms with Gasteiger partial charge < -0.3 is 20.1 Å². The number of thioether (sulfide) groups is 1. The van der Waals surface area contributed by atoms with E-state index in [0.29, 0.717) is 25.3 Å². The highest BCUT2D eigenvalue weighted by molar-refractivity contribution is 8.13. The summed E-state index contributed by atoms with van der Waals surface area (Å²) in [6.07, 6.45) is 0.955. The fraction of sp³-hybridized carbons (Fsp3) is 0.833. The molecule has 1 fully saturated rings. The van der Waals surface area contributed by atoms with Crippen molar-refractivity contribution in [3.8, 4) is 0 Å². The standard InChI is InChI=1S/C18H32N2O5S/c1-6-7-14(22)26-11-10-19-13(21)8-9-20-16(23)15-17(2,3)12-24-18(4,5)25-15/h15H,6-12H2,1-5H3,(H,19,21)(H,20,23)/t15-/m0/s1. The van der Waals surface area contributed by atoms with Crippen LogP contribution in [0, 0.1) is 5.41 Å². The molecule has 2 amide bonds. The normalized spacial score (nSPS) is 21.0. The van der Waals surface area contributed by atoms with Crippen molar-refractivity contribution < 1.29 is 23.9 Å². The largest absolute Gasteiger partial charge is 0.355 e. The molecule has 1 heterocycles. The minimum Gasteiger partial charge on any atom is -0.355 e. The van der Waals surface area contributed by atoms with Crippen LogP contribution in [0.25, 0.3) is 0 Å². The van der Waals surface area contributed by atoms with Gasteiger partial charge in [-0.15, -0.1) is 0 Å². The average molecular weight is 389 g/mol. The number of ether oxygens (including phenoxy) is 2. The first-order valence-corrected chi connectivity index (χ1v) is 10.1. The van der Waals surface area contributed by atoms with Gasteiger partial charge in [-0.05, 0) is 20.3 Å². The summed E-state index contributed by atoms with van der Waals surface area (Å²) in [5.74, 6) is -0.626. The first-order chi connectivity index (χ1) is 12.1. The Bertz CT molecular complexity index is 508. The minimum absolute atomic E-state index is 0.149. The van der Waals surface area contributed by atoms with Crippen molar-refractivity contribution in [1.82, 2.24) is 10.6 Å². The van der Waals surface area contributed by atoms with E-state index in [4.69, 9.17) is 9.47 Å². The van der Waals surface area contributed by atoms with Crippen LogP contribution in [0.5, 0.6) is 0 Å². The van der Waals surface area contributed by atoms with E-state index >= 15 is 0 Å². The third kappa shape index (κ3) is 8.05. The molecule has 1 aliphatic rings. The fourth-order valence-corrected chi connectivity index (χ4v) is 3.21. The van der Waals surface area contributed by atoms with E-state index in [9.17, 15) is 14.4 Å². The van der Waals surface area contributed by atoms with Crippen molar-refractivity contribution in [3.63, 3.8) is 0 Å². The third-order valence-corrected chi connectivity index (χ3v) is 4.87. The Labute approximate surface area is 160 Å². The van der Waals surface area contributed by atoms with Gasteiger partial charge in [0.1, 0.15) is 6.10 Å². The molecule has 0 aromatic heterocycles. The maximum Gasteiger partial charge on any atom is 0.249 e. The highest BCUT2D eigenvalue weighted by atomic mass is 32.2. The lowest BCUT2D eigenvalue weighted by molar-refractivity contribution is -0.304.